The maximum Gasteiger partial charge on any atom is 0.0973 e. The Bertz CT molecular complexity index is 614. The first-order valence-corrected chi connectivity index (χ1v) is 9.31. The summed E-state index contributed by atoms with van der Waals surface area (Å²) in [6.45, 7) is 10.4. The van der Waals surface area contributed by atoms with Gasteiger partial charge in [-0.25, -0.2) is 3.21 Å². The molecule has 3 heteroatoms. The molecule has 1 aromatic rings. The van der Waals surface area contributed by atoms with E-state index in [4.69, 9.17) is 4.74 Å². The molecule has 0 heterocycles. The molecule has 0 aliphatic heterocycles. The molecule has 0 fully saturated rings. The first-order valence-electron chi connectivity index (χ1n) is 8.35. The van der Waals surface area contributed by atoms with Gasteiger partial charge in [-0.3, -0.25) is 0 Å². The summed E-state index contributed by atoms with van der Waals surface area (Å²) in [6, 6.07) is 10.3. The highest BCUT2D eigenvalue weighted by Crippen LogP contribution is 2.24. The quantitative estimate of drug-likeness (QED) is 0.185. The van der Waals surface area contributed by atoms with Gasteiger partial charge in [-0.15, -0.1) is 0 Å². The summed E-state index contributed by atoms with van der Waals surface area (Å²) >= 11 is 2.07. The van der Waals surface area contributed by atoms with Crippen LogP contribution in [0, 0.1) is 0 Å². The summed E-state index contributed by atoms with van der Waals surface area (Å²) in [4.78, 5) is 0. The van der Waals surface area contributed by atoms with Gasteiger partial charge in [0.25, 0.3) is 0 Å². The average molecular weight is 437 g/mol. The van der Waals surface area contributed by atoms with E-state index in [-0.39, 0.29) is 6.10 Å². The molecule has 0 aliphatic rings. The lowest BCUT2D eigenvalue weighted by molar-refractivity contribution is 0.171. The number of ether oxygens (including phenoxy) is 1. The predicted octanol–water partition coefficient (Wildman–Crippen LogP) is 6.59. The van der Waals surface area contributed by atoms with Crippen LogP contribution in [0.5, 0.6) is 0 Å². The third-order valence-corrected chi connectivity index (χ3v) is 4.32. The summed E-state index contributed by atoms with van der Waals surface area (Å²) in [5.41, 5.74) is 5.87. The van der Waals surface area contributed by atoms with Crippen LogP contribution in [-0.4, -0.2) is 18.9 Å². The van der Waals surface area contributed by atoms with E-state index < -0.39 is 0 Å². The monoisotopic (exact) mass is 437 g/mol. The highest BCUT2D eigenvalue weighted by atomic mass is 127. The zero-order chi connectivity index (χ0) is 17.9. The molecule has 0 saturated heterocycles. The number of hydrogen-bond donors (Lipinski definition) is 0. The number of nitrogens with zero attached hydrogens (tertiary/aromatic N) is 1. The van der Waals surface area contributed by atoms with Gasteiger partial charge in [0.1, 0.15) is 0 Å². The Hall–Kier alpha value is -1.20. The Labute approximate surface area is 160 Å². The molecule has 0 radical (unpaired) electrons. The molecule has 0 saturated carbocycles. The van der Waals surface area contributed by atoms with Gasteiger partial charge in [-0.2, -0.15) is 0 Å². The van der Waals surface area contributed by atoms with Crippen LogP contribution in [0.3, 0.4) is 0 Å². The Morgan fingerprint density at radius 3 is 2.50 bits per heavy atom. The first kappa shape index (κ1) is 20.8. The second kappa shape index (κ2) is 11.4. The molecule has 0 N–H and O–H groups in total. The third-order valence-electron chi connectivity index (χ3n) is 3.80. The molecule has 2 nitrogen and oxygen atoms in total. The van der Waals surface area contributed by atoms with Crippen molar-refractivity contribution in [2.75, 3.05) is 7.11 Å². The van der Waals surface area contributed by atoms with Crippen molar-refractivity contribution in [1.29, 1.82) is 0 Å². The van der Waals surface area contributed by atoms with Crippen LogP contribution in [-0.2, 0) is 4.74 Å². The third kappa shape index (κ3) is 6.73. The standard InChI is InChI=1S/C21H28INO/c1-6-10-19(15-16(2)3)20(21(23-22)17(4)24-5)14-13-18-11-8-7-9-12-18/h7-9,11-14,17H,2,6,10,15H2,1,3-5H3/b14-13+,20-19-,23-21-. The SMILES string of the molecule is C=C(C)C/C(CCC)=C(/C=C/c1ccccc1)C(=N/I)\C(C)OC. The summed E-state index contributed by atoms with van der Waals surface area (Å²) < 4.78 is 10.0. The zero-order valence-electron chi connectivity index (χ0n) is 15.2. The molecule has 0 bridgehead atoms. The predicted molar refractivity (Wildman–Crippen MR) is 115 cm³/mol. The van der Waals surface area contributed by atoms with Crippen molar-refractivity contribution in [1.82, 2.24) is 0 Å². The van der Waals surface area contributed by atoms with Crippen molar-refractivity contribution in [3.8, 4) is 0 Å². The van der Waals surface area contributed by atoms with Crippen LogP contribution in [0.1, 0.15) is 45.6 Å². The number of halogens is 1. The lowest BCUT2D eigenvalue weighted by atomic mass is 9.92. The van der Waals surface area contributed by atoms with Crippen LogP contribution in [0.25, 0.3) is 6.08 Å². The van der Waals surface area contributed by atoms with E-state index in [0.717, 1.165) is 25.0 Å². The summed E-state index contributed by atoms with van der Waals surface area (Å²) in [6.07, 6.45) is 7.31. The molecule has 0 aliphatic carbocycles. The van der Waals surface area contributed by atoms with Crippen LogP contribution in [0.2, 0.25) is 0 Å². The Kier molecular flexibility index (Phi) is 9.88. The minimum atomic E-state index is -0.0469. The summed E-state index contributed by atoms with van der Waals surface area (Å²) in [5, 5.41) is 0. The molecule has 24 heavy (non-hydrogen) atoms. The van der Waals surface area contributed by atoms with Gasteiger partial charge in [-0.05, 0) is 37.8 Å². The number of rotatable bonds is 9. The van der Waals surface area contributed by atoms with E-state index in [2.05, 4.69) is 82.9 Å². The zero-order valence-corrected chi connectivity index (χ0v) is 17.3. The number of hydrogen-bond acceptors (Lipinski definition) is 2. The lowest BCUT2D eigenvalue weighted by Gasteiger charge is -2.18. The average Bonchev–Trinajstić information content (AvgIpc) is 2.58. The molecule has 0 amide bonds. The van der Waals surface area contributed by atoms with Crippen LogP contribution >= 0.6 is 22.9 Å². The van der Waals surface area contributed by atoms with Gasteiger partial charge in [0, 0.05) is 7.11 Å². The lowest BCUT2D eigenvalue weighted by Crippen LogP contribution is -2.21. The summed E-state index contributed by atoms with van der Waals surface area (Å²) in [7, 11) is 1.73. The van der Waals surface area contributed by atoms with E-state index >= 15 is 0 Å². The molecule has 0 aromatic heterocycles. The van der Waals surface area contributed by atoms with Crippen LogP contribution in [0.4, 0.5) is 0 Å². The van der Waals surface area contributed by atoms with Gasteiger partial charge in [0.15, 0.2) is 0 Å². The largest absolute Gasteiger partial charge is 0.375 e. The maximum absolute atomic E-state index is 5.54. The van der Waals surface area contributed by atoms with Crippen molar-refractivity contribution in [2.45, 2.75) is 46.1 Å². The van der Waals surface area contributed by atoms with Crippen molar-refractivity contribution in [3.63, 3.8) is 0 Å². The fourth-order valence-electron chi connectivity index (χ4n) is 2.56. The summed E-state index contributed by atoms with van der Waals surface area (Å²) in [5.74, 6) is 0. The molecule has 1 aromatic carbocycles. The van der Waals surface area contributed by atoms with Gasteiger partial charge in [0.05, 0.1) is 34.7 Å². The van der Waals surface area contributed by atoms with Crippen LogP contribution in [0.15, 0.2) is 62.9 Å². The van der Waals surface area contributed by atoms with Crippen LogP contribution < -0.4 is 0 Å². The Morgan fingerprint density at radius 2 is 2.00 bits per heavy atom. The molecule has 1 atom stereocenters. The fraction of sp³-hybridized carbons (Fsp3) is 0.381. The number of methoxy groups -OCH3 is 1. The van der Waals surface area contributed by atoms with E-state index in [1.807, 2.05) is 13.0 Å². The van der Waals surface area contributed by atoms with Gasteiger partial charge < -0.3 is 4.74 Å². The number of allylic oxidation sites excluding steroid dienone is 3. The van der Waals surface area contributed by atoms with Gasteiger partial charge in [-0.1, -0.05) is 73.6 Å². The maximum atomic E-state index is 5.54. The smallest absolute Gasteiger partial charge is 0.0973 e. The molecule has 130 valence electrons. The van der Waals surface area contributed by atoms with Crippen molar-refractivity contribution < 1.29 is 4.74 Å². The molecule has 0 spiro atoms. The molecule has 1 rings (SSSR count). The first-order chi connectivity index (χ1) is 11.5. The van der Waals surface area contributed by atoms with Crippen molar-refractivity contribution >= 4 is 34.7 Å². The highest BCUT2D eigenvalue weighted by Gasteiger charge is 2.17. The number of benzene rings is 1. The molecular weight excluding hydrogens is 409 g/mol. The Balaban J connectivity index is 3.37. The van der Waals surface area contributed by atoms with E-state index in [1.54, 1.807) is 7.11 Å². The second-order valence-electron chi connectivity index (χ2n) is 5.99. The topological polar surface area (TPSA) is 21.6 Å². The van der Waals surface area contributed by atoms with Gasteiger partial charge >= 0.3 is 0 Å². The Morgan fingerprint density at radius 1 is 1.33 bits per heavy atom. The van der Waals surface area contributed by atoms with E-state index in [0.29, 0.717) is 0 Å². The van der Waals surface area contributed by atoms with E-state index in [9.17, 15) is 0 Å². The molecule has 1 unspecified atom stereocenters. The minimum absolute atomic E-state index is 0.0469. The van der Waals surface area contributed by atoms with E-state index in [1.165, 1.54) is 22.3 Å². The van der Waals surface area contributed by atoms with Crippen molar-refractivity contribution in [3.05, 3.63) is 65.3 Å². The fourth-order valence-corrected chi connectivity index (χ4v) is 3.21. The normalized spacial score (nSPS) is 14.6. The van der Waals surface area contributed by atoms with Crippen molar-refractivity contribution in [2.24, 2.45) is 3.21 Å². The second-order valence-corrected chi connectivity index (χ2v) is 6.48. The molecular formula is C21H28INO. The van der Waals surface area contributed by atoms with Gasteiger partial charge in [0.2, 0.25) is 0 Å². The minimum Gasteiger partial charge on any atom is -0.375 e. The highest BCUT2D eigenvalue weighted by molar-refractivity contribution is 14.1.